The molecule has 11 heavy (non-hydrogen) atoms. The van der Waals surface area contributed by atoms with Crippen molar-refractivity contribution >= 4 is 6.41 Å². The van der Waals surface area contributed by atoms with Gasteiger partial charge in [-0.05, 0) is 25.2 Å². The highest BCUT2D eigenvalue weighted by Gasteiger charge is 2.23. The van der Waals surface area contributed by atoms with Gasteiger partial charge in [-0.3, -0.25) is 4.79 Å². The van der Waals surface area contributed by atoms with Crippen molar-refractivity contribution in [3.63, 3.8) is 0 Å². The SMILES string of the molecule is CC1CC(NC=O)CCC1N. The minimum Gasteiger partial charge on any atom is -0.356 e. The van der Waals surface area contributed by atoms with Crippen molar-refractivity contribution in [3.05, 3.63) is 0 Å². The Bertz CT molecular complexity index is 138. The van der Waals surface area contributed by atoms with Crippen LogP contribution in [0.1, 0.15) is 26.2 Å². The third kappa shape index (κ3) is 2.19. The van der Waals surface area contributed by atoms with Gasteiger partial charge in [-0.2, -0.15) is 0 Å². The van der Waals surface area contributed by atoms with E-state index >= 15 is 0 Å². The van der Waals surface area contributed by atoms with Gasteiger partial charge >= 0.3 is 0 Å². The number of carbonyl (C=O) groups excluding carboxylic acids is 1. The van der Waals surface area contributed by atoms with E-state index in [1.807, 2.05) is 0 Å². The number of nitrogens with two attached hydrogens (primary N) is 1. The zero-order valence-corrected chi connectivity index (χ0v) is 6.92. The molecule has 1 saturated carbocycles. The molecule has 1 fully saturated rings. The van der Waals surface area contributed by atoms with Crippen LogP contribution in [0.5, 0.6) is 0 Å². The third-order valence-electron chi connectivity index (χ3n) is 2.54. The Morgan fingerprint density at radius 1 is 1.55 bits per heavy atom. The van der Waals surface area contributed by atoms with Gasteiger partial charge in [0.05, 0.1) is 0 Å². The lowest BCUT2D eigenvalue weighted by molar-refractivity contribution is -0.110. The highest BCUT2D eigenvalue weighted by molar-refractivity contribution is 5.46. The number of hydrogen-bond acceptors (Lipinski definition) is 2. The molecule has 64 valence electrons. The Kier molecular flexibility index (Phi) is 2.88. The number of nitrogens with one attached hydrogen (secondary N) is 1. The highest BCUT2D eigenvalue weighted by atomic mass is 16.1. The van der Waals surface area contributed by atoms with Gasteiger partial charge in [0.15, 0.2) is 0 Å². The molecule has 0 heterocycles. The van der Waals surface area contributed by atoms with E-state index in [0.717, 1.165) is 25.7 Å². The summed E-state index contributed by atoms with van der Waals surface area (Å²) in [4.78, 5) is 10.1. The van der Waals surface area contributed by atoms with Gasteiger partial charge in [0.25, 0.3) is 0 Å². The summed E-state index contributed by atoms with van der Waals surface area (Å²) >= 11 is 0. The fourth-order valence-corrected chi connectivity index (χ4v) is 1.67. The van der Waals surface area contributed by atoms with Gasteiger partial charge in [-0.25, -0.2) is 0 Å². The van der Waals surface area contributed by atoms with Crippen LogP contribution in [0.25, 0.3) is 0 Å². The van der Waals surface area contributed by atoms with Crippen LogP contribution in [0.4, 0.5) is 0 Å². The first kappa shape index (κ1) is 8.53. The molecular formula is C8H16N2O. The van der Waals surface area contributed by atoms with Gasteiger partial charge in [0.1, 0.15) is 0 Å². The molecule has 3 unspecified atom stereocenters. The molecule has 1 amide bonds. The minimum atomic E-state index is 0.333. The van der Waals surface area contributed by atoms with E-state index in [2.05, 4.69) is 12.2 Å². The van der Waals surface area contributed by atoms with Crippen LogP contribution in [-0.4, -0.2) is 18.5 Å². The third-order valence-corrected chi connectivity index (χ3v) is 2.54. The Balaban J connectivity index is 2.33. The lowest BCUT2D eigenvalue weighted by Crippen LogP contribution is -2.41. The molecule has 3 heteroatoms. The van der Waals surface area contributed by atoms with Crippen LogP contribution in [0, 0.1) is 5.92 Å². The normalized spacial score (nSPS) is 38.2. The van der Waals surface area contributed by atoms with Crippen molar-refractivity contribution in [2.75, 3.05) is 0 Å². The van der Waals surface area contributed by atoms with E-state index < -0.39 is 0 Å². The van der Waals surface area contributed by atoms with E-state index in [1.54, 1.807) is 0 Å². The predicted molar refractivity (Wildman–Crippen MR) is 44.0 cm³/mol. The fourth-order valence-electron chi connectivity index (χ4n) is 1.67. The average Bonchev–Trinajstić information content (AvgIpc) is 1.98. The minimum absolute atomic E-state index is 0.333. The zero-order valence-electron chi connectivity index (χ0n) is 6.92. The van der Waals surface area contributed by atoms with Crippen molar-refractivity contribution in [3.8, 4) is 0 Å². The molecule has 0 saturated heterocycles. The second-order valence-corrected chi connectivity index (χ2v) is 3.44. The van der Waals surface area contributed by atoms with Crippen molar-refractivity contribution in [1.29, 1.82) is 0 Å². The zero-order chi connectivity index (χ0) is 8.27. The van der Waals surface area contributed by atoms with Crippen LogP contribution in [0.3, 0.4) is 0 Å². The largest absolute Gasteiger partial charge is 0.356 e. The molecule has 0 spiro atoms. The van der Waals surface area contributed by atoms with Crippen LogP contribution in [0.2, 0.25) is 0 Å². The first-order valence-electron chi connectivity index (χ1n) is 4.19. The molecule has 0 bridgehead atoms. The molecule has 0 aromatic rings. The molecule has 0 radical (unpaired) electrons. The maximum atomic E-state index is 10.1. The summed E-state index contributed by atoms with van der Waals surface area (Å²) in [7, 11) is 0. The number of rotatable bonds is 2. The lowest BCUT2D eigenvalue weighted by atomic mass is 9.83. The lowest BCUT2D eigenvalue weighted by Gasteiger charge is -2.31. The van der Waals surface area contributed by atoms with Gasteiger partial charge in [-0.1, -0.05) is 6.92 Å². The van der Waals surface area contributed by atoms with Crippen LogP contribution in [-0.2, 0) is 4.79 Å². The van der Waals surface area contributed by atoms with Gasteiger partial charge in [0, 0.05) is 12.1 Å². The summed E-state index contributed by atoms with van der Waals surface area (Å²) in [6, 6.07) is 0.696. The van der Waals surface area contributed by atoms with Gasteiger partial charge < -0.3 is 11.1 Å². The van der Waals surface area contributed by atoms with E-state index in [9.17, 15) is 4.79 Å². The van der Waals surface area contributed by atoms with Crippen molar-refractivity contribution in [2.24, 2.45) is 11.7 Å². The number of amides is 1. The van der Waals surface area contributed by atoms with Crippen LogP contribution >= 0.6 is 0 Å². The topological polar surface area (TPSA) is 55.1 Å². The summed E-state index contributed by atoms with van der Waals surface area (Å²) in [5.74, 6) is 0.543. The van der Waals surface area contributed by atoms with E-state index in [-0.39, 0.29) is 0 Å². The van der Waals surface area contributed by atoms with Crippen LogP contribution in [0.15, 0.2) is 0 Å². The second-order valence-electron chi connectivity index (χ2n) is 3.44. The fraction of sp³-hybridized carbons (Fsp3) is 0.875. The molecule has 1 aliphatic carbocycles. The van der Waals surface area contributed by atoms with E-state index in [1.165, 1.54) is 0 Å². The summed E-state index contributed by atoms with van der Waals surface area (Å²) in [6.45, 7) is 2.14. The van der Waals surface area contributed by atoms with Gasteiger partial charge in [-0.15, -0.1) is 0 Å². The Morgan fingerprint density at radius 3 is 2.82 bits per heavy atom. The molecule has 1 rings (SSSR count). The Labute approximate surface area is 67.3 Å². The van der Waals surface area contributed by atoms with Crippen molar-refractivity contribution in [1.82, 2.24) is 5.32 Å². The smallest absolute Gasteiger partial charge is 0.207 e. The van der Waals surface area contributed by atoms with Crippen LogP contribution < -0.4 is 11.1 Å². The monoisotopic (exact) mass is 156 g/mol. The maximum absolute atomic E-state index is 10.1. The molecule has 1 aliphatic rings. The van der Waals surface area contributed by atoms with Crippen molar-refractivity contribution in [2.45, 2.75) is 38.3 Å². The summed E-state index contributed by atoms with van der Waals surface area (Å²) in [5, 5.41) is 2.80. The Morgan fingerprint density at radius 2 is 2.27 bits per heavy atom. The summed E-state index contributed by atoms with van der Waals surface area (Å²) in [6.07, 6.45) is 3.88. The standard InChI is InChI=1S/C8H16N2O/c1-6-4-7(10-5-11)2-3-8(6)9/h5-8H,2-4,9H2,1H3,(H,10,11). The summed E-state index contributed by atoms with van der Waals surface area (Å²) < 4.78 is 0. The maximum Gasteiger partial charge on any atom is 0.207 e. The predicted octanol–water partition coefficient (Wildman–Crippen LogP) is 0.248. The van der Waals surface area contributed by atoms with E-state index in [0.29, 0.717) is 18.0 Å². The van der Waals surface area contributed by atoms with Gasteiger partial charge in [0.2, 0.25) is 6.41 Å². The molecule has 0 aliphatic heterocycles. The molecular weight excluding hydrogens is 140 g/mol. The molecule has 0 aromatic heterocycles. The highest BCUT2D eigenvalue weighted by Crippen LogP contribution is 2.22. The first-order chi connectivity index (χ1) is 5.24. The number of carbonyl (C=O) groups is 1. The van der Waals surface area contributed by atoms with Crippen molar-refractivity contribution < 1.29 is 4.79 Å². The van der Waals surface area contributed by atoms with E-state index in [4.69, 9.17) is 5.73 Å². The molecule has 0 aromatic carbocycles. The first-order valence-corrected chi connectivity index (χ1v) is 4.19. The quantitative estimate of drug-likeness (QED) is 0.563. The second kappa shape index (κ2) is 3.72. The number of hydrogen-bond donors (Lipinski definition) is 2. The molecule has 3 N–H and O–H groups in total. The summed E-state index contributed by atoms with van der Waals surface area (Å²) in [5.41, 5.74) is 5.82. The molecule has 3 atom stereocenters. The Hall–Kier alpha value is -0.570. The average molecular weight is 156 g/mol. The molecule has 3 nitrogen and oxygen atoms in total.